The molecular weight excluding hydrogens is 815 g/mol. The predicted octanol–water partition coefficient (Wildman–Crippen LogP) is 18.7. The predicted molar refractivity (Wildman–Crippen MR) is 287 cm³/mol. The van der Waals surface area contributed by atoms with E-state index in [2.05, 4.69) is 19.2 Å². The zero-order valence-electron chi connectivity index (χ0n) is 45.0. The van der Waals surface area contributed by atoms with Gasteiger partial charge in [-0.2, -0.15) is 0 Å². The summed E-state index contributed by atoms with van der Waals surface area (Å²) in [4.78, 5) is 24.6. The quantitative estimate of drug-likeness (QED) is 0.0417. The van der Waals surface area contributed by atoms with Gasteiger partial charge in [-0.1, -0.05) is 309 Å². The maximum atomic E-state index is 12.5. The lowest BCUT2D eigenvalue weighted by Gasteiger charge is -2.22. The number of unbranched alkanes of at least 4 members (excludes halogenated alkanes) is 46. The number of aliphatic hydroxyl groups is 2. The first-order valence-corrected chi connectivity index (χ1v) is 30.3. The molecule has 6 nitrogen and oxygen atoms in total. The van der Waals surface area contributed by atoms with Crippen LogP contribution in [0.5, 0.6) is 0 Å². The van der Waals surface area contributed by atoms with Crippen LogP contribution in [0.25, 0.3) is 0 Å². The van der Waals surface area contributed by atoms with E-state index in [0.29, 0.717) is 25.9 Å². The molecule has 66 heavy (non-hydrogen) atoms. The molecule has 0 aliphatic rings. The van der Waals surface area contributed by atoms with Gasteiger partial charge in [-0.05, 0) is 25.7 Å². The van der Waals surface area contributed by atoms with E-state index < -0.39 is 12.1 Å². The summed E-state index contributed by atoms with van der Waals surface area (Å²) in [7, 11) is 0. The highest BCUT2D eigenvalue weighted by atomic mass is 16.5. The molecule has 1 amide bonds. The maximum Gasteiger partial charge on any atom is 0.305 e. The van der Waals surface area contributed by atoms with Gasteiger partial charge >= 0.3 is 5.97 Å². The average Bonchev–Trinajstić information content (AvgIpc) is 3.32. The number of carbonyl (C=O) groups is 2. The normalized spacial score (nSPS) is 12.5. The van der Waals surface area contributed by atoms with Crippen LogP contribution in [0.1, 0.15) is 348 Å². The fraction of sp³-hybridized carbons (Fsp3) is 0.967. The molecule has 0 aliphatic carbocycles. The lowest BCUT2D eigenvalue weighted by molar-refractivity contribution is -0.143. The highest BCUT2D eigenvalue weighted by molar-refractivity contribution is 5.76. The Hall–Kier alpha value is -1.14. The zero-order chi connectivity index (χ0) is 47.9. The van der Waals surface area contributed by atoms with Crippen molar-refractivity contribution in [1.29, 1.82) is 0 Å². The number of hydrogen-bond donors (Lipinski definition) is 3. The number of amides is 1. The molecule has 0 heterocycles. The highest BCUT2D eigenvalue weighted by Gasteiger charge is 2.20. The van der Waals surface area contributed by atoms with Crippen LogP contribution >= 0.6 is 0 Å². The van der Waals surface area contributed by atoms with Crippen LogP contribution < -0.4 is 5.32 Å². The number of ether oxygens (including phenoxy) is 1. The summed E-state index contributed by atoms with van der Waals surface area (Å²) in [5.41, 5.74) is 0. The van der Waals surface area contributed by atoms with E-state index in [-0.39, 0.29) is 18.5 Å². The first kappa shape index (κ1) is 64.9. The van der Waals surface area contributed by atoms with Crippen molar-refractivity contribution < 1.29 is 24.5 Å². The van der Waals surface area contributed by atoms with E-state index in [4.69, 9.17) is 4.74 Å². The minimum atomic E-state index is -0.667. The summed E-state index contributed by atoms with van der Waals surface area (Å²) in [5.74, 6) is -0.0300. The average molecular weight is 935 g/mol. The Morgan fingerprint density at radius 1 is 0.364 bits per heavy atom. The lowest BCUT2D eigenvalue weighted by atomic mass is 10.0. The van der Waals surface area contributed by atoms with E-state index >= 15 is 0 Å². The van der Waals surface area contributed by atoms with Crippen molar-refractivity contribution >= 4 is 11.9 Å². The smallest absolute Gasteiger partial charge is 0.305 e. The van der Waals surface area contributed by atoms with E-state index in [1.54, 1.807) is 0 Å². The number of rotatable bonds is 57. The minimum Gasteiger partial charge on any atom is -0.466 e. The number of aliphatic hydroxyl groups excluding tert-OH is 2. The summed E-state index contributed by atoms with van der Waals surface area (Å²) >= 11 is 0. The summed E-state index contributed by atoms with van der Waals surface area (Å²) in [6.45, 7) is 4.97. The van der Waals surface area contributed by atoms with Crippen molar-refractivity contribution in [2.75, 3.05) is 13.2 Å². The Morgan fingerprint density at radius 3 is 0.924 bits per heavy atom. The van der Waals surface area contributed by atoms with Crippen molar-refractivity contribution in [2.24, 2.45) is 0 Å². The van der Waals surface area contributed by atoms with E-state index in [1.807, 2.05) is 0 Å². The summed E-state index contributed by atoms with van der Waals surface area (Å²) in [5, 5.41) is 23.3. The van der Waals surface area contributed by atoms with Gasteiger partial charge in [-0.25, -0.2) is 0 Å². The second-order valence-corrected chi connectivity index (χ2v) is 21.1. The summed E-state index contributed by atoms with van der Waals surface area (Å²) in [6, 6.07) is -0.545. The Balaban J connectivity index is 3.37. The largest absolute Gasteiger partial charge is 0.466 e. The molecule has 394 valence electrons. The SMILES string of the molecule is CCCCCCCCCCCCCCCCCCCCCC(=O)OCCCCCCCCCCCCCCCCCCC(=O)NC(CO)C(O)CCCCCCCCCCCCCCCC. The molecule has 3 N–H and O–H groups in total. The minimum absolute atomic E-state index is 0.00901. The molecule has 6 heteroatoms. The van der Waals surface area contributed by atoms with Crippen LogP contribution in [0.2, 0.25) is 0 Å². The Bertz CT molecular complexity index is 944. The highest BCUT2D eigenvalue weighted by Crippen LogP contribution is 2.18. The third-order valence-corrected chi connectivity index (χ3v) is 14.4. The monoisotopic (exact) mass is 934 g/mol. The van der Waals surface area contributed by atoms with Gasteiger partial charge in [0.05, 0.1) is 25.4 Å². The van der Waals surface area contributed by atoms with Crippen molar-refractivity contribution in [3.8, 4) is 0 Å². The molecule has 0 aliphatic heterocycles. The summed E-state index contributed by atoms with van der Waals surface area (Å²) in [6.07, 6.45) is 65.3. The van der Waals surface area contributed by atoms with Crippen molar-refractivity contribution in [3.63, 3.8) is 0 Å². The second kappa shape index (κ2) is 56.4. The van der Waals surface area contributed by atoms with Crippen LogP contribution in [0.15, 0.2) is 0 Å². The number of nitrogens with one attached hydrogen (secondary N) is 1. The van der Waals surface area contributed by atoms with Crippen LogP contribution in [0.4, 0.5) is 0 Å². The second-order valence-electron chi connectivity index (χ2n) is 21.1. The van der Waals surface area contributed by atoms with Gasteiger partial charge in [0.25, 0.3) is 0 Å². The fourth-order valence-electron chi connectivity index (χ4n) is 9.76. The lowest BCUT2D eigenvalue weighted by Crippen LogP contribution is -2.45. The first-order valence-electron chi connectivity index (χ1n) is 30.3. The van der Waals surface area contributed by atoms with E-state index in [9.17, 15) is 19.8 Å². The van der Waals surface area contributed by atoms with Crippen molar-refractivity contribution in [1.82, 2.24) is 5.32 Å². The Labute approximate surface area is 413 Å². The molecule has 0 aromatic rings. The molecule has 2 atom stereocenters. The van der Waals surface area contributed by atoms with Gasteiger partial charge in [0, 0.05) is 12.8 Å². The Morgan fingerprint density at radius 2 is 0.621 bits per heavy atom. The van der Waals surface area contributed by atoms with Crippen LogP contribution in [0.3, 0.4) is 0 Å². The molecule has 0 rings (SSSR count). The van der Waals surface area contributed by atoms with Gasteiger partial charge < -0.3 is 20.3 Å². The third-order valence-electron chi connectivity index (χ3n) is 14.4. The maximum absolute atomic E-state index is 12.5. The fourth-order valence-corrected chi connectivity index (χ4v) is 9.76. The molecule has 0 saturated carbocycles. The molecule has 0 bridgehead atoms. The molecular formula is C60H119NO5. The number of hydrogen-bond acceptors (Lipinski definition) is 5. The molecule has 2 unspecified atom stereocenters. The summed E-state index contributed by atoms with van der Waals surface area (Å²) < 4.78 is 5.50. The van der Waals surface area contributed by atoms with Gasteiger partial charge in [0.1, 0.15) is 0 Å². The third kappa shape index (κ3) is 52.2. The molecule has 0 radical (unpaired) electrons. The van der Waals surface area contributed by atoms with Gasteiger partial charge in [-0.3, -0.25) is 9.59 Å². The number of esters is 1. The molecule has 0 aromatic carbocycles. The van der Waals surface area contributed by atoms with Crippen molar-refractivity contribution in [2.45, 2.75) is 360 Å². The molecule has 0 spiro atoms. The van der Waals surface area contributed by atoms with E-state index in [1.165, 1.54) is 276 Å². The van der Waals surface area contributed by atoms with Crippen molar-refractivity contribution in [3.05, 3.63) is 0 Å². The molecule has 0 fully saturated rings. The molecule has 0 aromatic heterocycles. The molecule has 0 saturated heterocycles. The van der Waals surface area contributed by atoms with Crippen LogP contribution in [-0.4, -0.2) is 47.4 Å². The van der Waals surface area contributed by atoms with Gasteiger partial charge in [-0.15, -0.1) is 0 Å². The zero-order valence-corrected chi connectivity index (χ0v) is 45.0. The van der Waals surface area contributed by atoms with Crippen LogP contribution in [0, 0.1) is 0 Å². The number of carbonyl (C=O) groups excluding carboxylic acids is 2. The topological polar surface area (TPSA) is 95.9 Å². The standard InChI is InChI=1S/C60H119NO5/c1-3-5-7-9-11-13-15-17-19-20-21-22-26-30-34-38-42-46-50-54-60(65)66-55-51-47-43-39-35-31-27-24-23-25-29-33-37-41-45-49-53-59(64)61-57(56-62)58(63)52-48-44-40-36-32-28-18-16-14-12-10-8-6-4-2/h57-58,62-63H,3-56H2,1-2H3,(H,61,64). The van der Waals surface area contributed by atoms with Gasteiger partial charge in [0.2, 0.25) is 5.91 Å². The van der Waals surface area contributed by atoms with Gasteiger partial charge in [0.15, 0.2) is 0 Å². The van der Waals surface area contributed by atoms with E-state index in [0.717, 1.165) is 38.5 Å². The Kier molecular flexibility index (Phi) is 55.5. The van der Waals surface area contributed by atoms with Crippen LogP contribution in [-0.2, 0) is 14.3 Å². The first-order chi connectivity index (χ1) is 32.5.